The molecule has 1 N–H and O–H groups in total. The molecular formula is C36H42F3N3O4. The molecule has 0 aliphatic carbocycles. The standard InChI is InChI=1S/C36H42F3N3O4/c1-22-16-27-26-10-7-8-11-30(26)41-33(27)34(42(22)21-36(5,6)39)32-28(37)17-25(18-29(32)38)45-20-23-13-14-24(19-40-23)44-15-9-12-31(43)46-35(2,3)4/h7-8,10-11,13-14,17-19,22,34,41H,9,12,15-16,20-21H2,1-6H3/t22-,34-/m1/s1. The van der Waals surface area contributed by atoms with Crippen LogP contribution in [0.2, 0.25) is 0 Å². The maximum absolute atomic E-state index is 15.9. The third kappa shape index (κ3) is 8.02. The number of pyridine rings is 1. The van der Waals surface area contributed by atoms with Crippen LogP contribution in [0.25, 0.3) is 10.9 Å². The smallest absolute Gasteiger partial charge is 0.306 e. The maximum Gasteiger partial charge on any atom is 0.306 e. The molecule has 0 unspecified atom stereocenters. The van der Waals surface area contributed by atoms with E-state index in [0.29, 0.717) is 36.6 Å². The number of para-hydroxylation sites is 1. The lowest BCUT2D eigenvalue weighted by Crippen LogP contribution is -2.48. The monoisotopic (exact) mass is 637 g/mol. The zero-order valence-corrected chi connectivity index (χ0v) is 27.3. The molecule has 7 nitrogen and oxygen atoms in total. The number of hydrogen-bond donors (Lipinski definition) is 1. The first-order valence-corrected chi connectivity index (χ1v) is 15.6. The van der Waals surface area contributed by atoms with Gasteiger partial charge in [-0.05, 0) is 78.1 Å². The predicted molar refractivity (Wildman–Crippen MR) is 171 cm³/mol. The highest BCUT2D eigenvalue weighted by Gasteiger charge is 2.41. The lowest BCUT2D eigenvalue weighted by molar-refractivity contribution is -0.155. The molecule has 0 saturated heterocycles. The van der Waals surface area contributed by atoms with Crippen LogP contribution in [0.15, 0.2) is 54.7 Å². The Labute approximate surface area is 268 Å². The Bertz CT molecular complexity index is 1650. The van der Waals surface area contributed by atoms with Crippen LogP contribution in [0.1, 0.15) is 82.9 Å². The average molecular weight is 638 g/mol. The fraction of sp³-hybridized carbons (Fsp3) is 0.444. The van der Waals surface area contributed by atoms with Crippen LogP contribution in [-0.2, 0) is 22.6 Å². The Morgan fingerprint density at radius 2 is 1.74 bits per heavy atom. The van der Waals surface area contributed by atoms with Gasteiger partial charge in [-0.15, -0.1) is 0 Å². The van der Waals surface area contributed by atoms with Crippen molar-refractivity contribution in [3.05, 3.63) is 88.9 Å². The number of aromatic nitrogens is 2. The summed E-state index contributed by atoms with van der Waals surface area (Å²) in [5.41, 5.74) is 0.808. The number of fused-ring (bicyclic) bond motifs is 3. The minimum Gasteiger partial charge on any atom is -0.492 e. The fourth-order valence-electron chi connectivity index (χ4n) is 5.94. The molecule has 1 aliphatic heterocycles. The molecule has 246 valence electrons. The molecule has 2 aromatic heterocycles. The highest BCUT2D eigenvalue weighted by molar-refractivity contribution is 5.85. The third-order valence-electron chi connectivity index (χ3n) is 7.80. The summed E-state index contributed by atoms with van der Waals surface area (Å²) in [6, 6.07) is 12.5. The number of carbonyl (C=O) groups is 1. The number of carbonyl (C=O) groups excluding carboxylic acids is 1. The van der Waals surface area contributed by atoms with Crippen LogP contribution in [0.3, 0.4) is 0 Å². The van der Waals surface area contributed by atoms with Gasteiger partial charge in [0.2, 0.25) is 0 Å². The minimum atomic E-state index is -1.58. The average Bonchev–Trinajstić information content (AvgIpc) is 3.32. The molecule has 2 atom stereocenters. The number of esters is 1. The summed E-state index contributed by atoms with van der Waals surface area (Å²) in [5.74, 6) is -1.29. The Balaban J connectivity index is 1.28. The van der Waals surface area contributed by atoms with Gasteiger partial charge >= 0.3 is 5.97 Å². The van der Waals surface area contributed by atoms with Crippen LogP contribution in [0.4, 0.5) is 13.2 Å². The molecule has 46 heavy (non-hydrogen) atoms. The molecule has 0 bridgehead atoms. The van der Waals surface area contributed by atoms with Crippen molar-refractivity contribution in [3.8, 4) is 11.5 Å². The van der Waals surface area contributed by atoms with Crippen molar-refractivity contribution < 1.29 is 32.2 Å². The highest BCUT2D eigenvalue weighted by atomic mass is 19.1. The first-order valence-electron chi connectivity index (χ1n) is 15.6. The molecule has 4 aromatic rings. The zero-order valence-electron chi connectivity index (χ0n) is 27.3. The highest BCUT2D eigenvalue weighted by Crippen LogP contribution is 2.43. The van der Waals surface area contributed by atoms with Crippen molar-refractivity contribution in [3.63, 3.8) is 0 Å². The third-order valence-corrected chi connectivity index (χ3v) is 7.80. The lowest BCUT2D eigenvalue weighted by Gasteiger charge is -2.43. The number of halogens is 3. The van der Waals surface area contributed by atoms with Gasteiger partial charge in [0.25, 0.3) is 0 Å². The van der Waals surface area contributed by atoms with Crippen LogP contribution in [0, 0.1) is 11.6 Å². The molecule has 0 amide bonds. The molecule has 3 heterocycles. The molecule has 0 spiro atoms. The zero-order chi connectivity index (χ0) is 33.2. The predicted octanol–water partition coefficient (Wildman–Crippen LogP) is 8.00. The van der Waals surface area contributed by atoms with E-state index in [9.17, 15) is 4.79 Å². The van der Waals surface area contributed by atoms with Gasteiger partial charge in [-0.1, -0.05) is 18.2 Å². The molecule has 2 aromatic carbocycles. The maximum atomic E-state index is 15.9. The number of nitrogens with one attached hydrogen (secondary N) is 1. The van der Waals surface area contributed by atoms with E-state index in [1.807, 2.05) is 56.9 Å². The van der Waals surface area contributed by atoms with Crippen molar-refractivity contribution >= 4 is 16.9 Å². The number of rotatable bonds is 11. The SMILES string of the molecule is C[C@@H]1Cc2c([nH]c3ccccc23)[C@@H](c2c(F)cc(OCc3ccc(OCCCC(=O)OC(C)(C)C)cn3)cc2F)N1CC(C)(C)F. The Kier molecular flexibility index (Phi) is 9.67. The first kappa shape index (κ1) is 33.3. The molecule has 5 rings (SSSR count). The summed E-state index contributed by atoms with van der Waals surface area (Å²) >= 11 is 0. The largest absolute Gasteiger partial charge is 0.492 e. The van der Waals surface area contributed by atoms with Gasteiger partial charge in [-0.3, -0.25) is 14.7 Å². The fourth-order valence-corrected chi connectivity index (χ4v) is 5.94. The second kappa shape index (κ2) is 13.4. The molecular weight excluding hydrogens is 595 g/mol. The molecule has 0 saturated carbocycles. The first-order chi connectivity index (χ1) is 21.7. The number of nitrogens with zero attached hydrogens (tertiary/aromatic N) is 2. The number of ether oxygens (including phenoxy) is 3. The van der Waals surface area contributed by atoms with Gasteiger partial charge in [0.15, 0.2) is 0 Å². The molecule has 0 fully saturated rings. The Hall–Kier alpha value is -4.05. The van der Waals surface area contributed by atoms with Crippen molar-refractivity contribution in [2.75, 3.05) is 13.2 Å². The summed E-state index contributed by atoms with van der Waals surface area (Å²) < 4.78 is 63.5. The van der Waals surface area contributed by atoms with Crippen LogP contribution < -0.4 is 9.47 Å². The summed E-state index contributed by atoms with van der Waals surface area (Å²) in [4.78, 5) is 21.4. The van der Waals surface area contributed by atoms with Crippen molar-refractivity contribution in [1.82, 2.24) is 14.9 Å². The lowest BCUT2D eigenvalue weighted by atomic mass is 9.87. The quantitative estimate of drug-likeness (QED) is 0.133. The van der Waals surface area contributed by atoms with E-state index in [4.69, 9.17) is 14.2 Å². The topological polar surface area (TPSA) is 76.7 Å². The van der Waals surface area contributed by atoms with Gasteiger partial charge in [0, 0.05) is 53.3 Å². The summed E-state index contributed by atoms with van der Waals surface area (Å²) in [7, 11) is 0. The van der Waals surface area contributed by atoms with Crippen molar-refractivity contribution in [1.29, 1.82) is 0 Å². The molecule has 0 radical (unpaired) electrons. The number of aromatic amines is 1. The van der Waals surface area contributed by atoms with E-state index in [1.165, 1.54) is 32.2 Å². The number of H-pyrrole nitrogens is 1. The second-order valence-corrected chi connectivity index (χ2v) is 13.5. The van der Waals surface area contributed by atoms with E-state index >= 15 is 13.2 Å². The second-order valence-electron chi connectivity index (χ2n) is 13.5. The molecule has 1 aliphatic rings. The van der Waals surface area contributed by atoms with Gasteiger partial charge in [-0.2, -0.15) is 0 Å². The van der Waals surface area contributed by atoms with Crippen LogP contribution >= 0.6 is 0 Å². The summed E-state index contributed by atoms with van der Waals surface area (Å²) in [6.07, 6.45) is 2.90. The van der Waals surface area contributed by atoms with E-state index < -0.39 is 28.9 Å². The van der Waals surface area contributed by atoms with E-state index in [-0.39, 0.29) is 42.9 Å². The van der Waals surface area contributed by atoms with Crippen molar-refractivity contribution in [2.24, 2.45) is 0 Å². The van der Waals surface area contributed by atoms with Crippen molar-refractivity contribution in [2.45, 2.75) is 90.8 Å². The number of alkyl halides is 1. The minimum absolute atomic E-state index is 0.000109. The van der Waals surface area contributed by atoms with Gasteiger partial charge in [-0.25, -0.2) is 13.2 Å². The Morgan fingerprint density at radius 3 is 2.39 bits per heavy atom. The van der Waals surface area contributed by atoms with E-state index in [0.717, 1.165) is 16.5 Å². The van der Waals surface area contributed by atoms with Crippen LogP contribution in [0.5, 0.6) is 11.5 Å². The number of benzene rings is 2. The normalized spacial score (nSPS) is 17.2. The molecule has 10 heteroatoms. The van der Waals surface area contributed by atoms with E-state index in [2.05, 4.69) is 9.97 Å². The summed E-state index contributed by atoms with van der Waals surface area (Å²) in [5, 5.41) is 0.999. The van der Waals surface area contributed by atoms with Gasteiger partial charge in [0.1, 0.15) is 41.0 Å². The van der Waals surface area contributed by atoms with E-state index in [1.54, 1.807) is 12.1 Å². The van der Waals surface area contributed by atoms with Gasteiger partial charge < -0.3 is 19.2 Å². The summed E-state index contributed by atoms with van der Waals surface area (Å²) in [6.45, 7) is 10.7. The number of hydrogen-bond acceptors (Lipinski definition) is 6. The van der Waals surface area contributed by atoms with Crippen LogP contribution in [-0.4, -0.2) is 51.3 Å². The van der Waals surface area contributed by atoms with Gasteiger partial charge in [0.05, 0.1) is 24.5 Å². The Morgan fingerprint density at radius 1 is 1.02 bits per heavy atom.